The molecule has 1 nitrogen and oxygen atoms in total. The summed E-state index contributed by atoms with van der Waals surface area (Å²) < 4.78 is 13.3. The molecule has 98 valence electrons. The van der Waals surface area contributed by atoms with Gasteiger partial charge in [-0.1, -0.05) is 42.5 Å². The molecule has 1 heterocycles. The van der Waals surface area contributed by atoms with Crippen LogP contribution in [0.1, 0.15) is 5.56 Å². The van der Waals surface area contributed by atoms with Crippen molar-refractivity contribution in [1.82, 2.24) is 4.98 Å². The van der Waals surface area contributed by atoms with Gasteiger partial charge in [0, 0.05) is 11.8 Å². The Morgan fingerprint density at radius 3 is 2.35 bits per heavy atom. The molecule has 0 fully saturated rings. The van der Waals surface area contributed by atoms with E-state index < -0.39 is 0 Å². The van der Waals surface area contributed by atoms with Gasteiger partial charge in [0.15, 0.2) is 0 Å². The second-order valence-corrected chi connectivity index (χ2v) is 4.76. The van der Waals surface area contributed by atoms with Gasteiger partial charge in [0.1, 0.15) is 5.82 Å². The summed E-state index contributed by atoms with van der Waals surface area (Å²) in [5, 5.41) is 0. The van der Waals surface area contributed by atoms with Crippen LogP contribution in [0, 0.1) is 12.7 Å². The van der Waals surface area contributed by atoms with Gasteiger partial charge in [0.05, 0.1) is 5.69 Å². The van der Waals surface area contributed by atoms with E-state index in [2.05, 4.69) is 17.1 Å². The fourth-order valence-corrected chi connectivity index (χ4v) is 2.26. The molecule has 0 aliphatic rings. The van der Waals surface area contributed by atoms with Crippen LogP contribution >= 0.6 is 0 Å². The van der Waals surface area contributed by atoms with E-state index in [4.69, 9.17) is 0 Å². The maximum absolute atomic E-state index is 13.3. The van der Waals surface area contributed by atoms with Crippen LogP contribution in [0.25, 0.3) is 22.4 Å². The molecule has 0 amide bonds. The normalized spacial score (nSPS) is 10.5. The Hall–Kier alpha value is -2.48. The number of benzene rings is 2. The van der Waals surface area contributed by atoms with Gasteiger partial charge in [0.25, 0.3) is 0 Å². The summed E-state index contributed by atoms with van der Waals surface area (Å²) in [5.74, 6) is -0.244. The first-order valence-electron chi connectivity index (χ1n) is 6.52. The fourth-order valence-electron chi connectivity index (χ4n) is 2.26. The van der Waals surface area contributed by atoms with Gasteiger partial charge in [-0.15, -0.1) is 0 Å². The molecule has 20 heavy (non-hydrogen) atoms. The molecule has 0 bridgehead atoms. The molecule has 0 radical (unpaired) electrons. The number of nitrogens with zero attached hydrogens (tertiary/aromatic N) is 1. The van der Waals surface area contributed by atoms with Gasteiger partial charge in [-0.3, -0.25) is 4.98 Å². The quantitative estimate of drug-likeness (QED) is 0.643. The van der Waals surface area contributed by atoms with Crippen molar-refractivity contribution in [3.05, 3.63) is 78.2 Å². The van der Waals surface area contributed by atoms with E-state index in [1.807, 2.05) is 43.5 Å². The van der Waals surface area contributed by atoms with Crippen molar-refractivity contribution >= 4 is 0 Å². The predicted molar refractivity (Wildman–Crippen MR) is 79.8 cm³/mol. The van der Waals surface area contributed by atoms with E-state index in [-0.39, 0.29) is 5.82 Å². The SMILES string of the molecule is Cc1cnc(-c2cccc(F)c2)cc1-c1ccccc1. The average Bonchev–Trinajstić information content (AvgIpc) is 2.48. The van der Waals surface area contributed by atoms with Crippen molar-refractivity contribution in [1.29, 1.82) is 0 Å². The highest BCUT2D eigenvalue weighted by molar-refractivity contribution is 5.72. The Bertz CT molecular complexity index is 735. The molecule has 0 unspecified atom stereocenters. The highest BCUT2D eigenvalue weighted by Crippen LogP contribution is 2.27. The van der Waals surface area contributed by atoms with Crippen LogP contribution in [0.15, 0.2) is 66.9 Å². The van der Waals surface area contributed by atoms with Crippen molar-refractivity contribution in [3.8, 4) is 22.4 Å². The summed E-state index contributed by atoms with van der Waals surface area (Å²) in [6.45, 7) is 2.03. The Morgan fingerprint density at radius 2 is 1.60 bits per heavy atom. The molecule has 3 aromatic rings. The maximum atomic E-state index is 13.3. The molecule has 0 N–H and O–H groups in total. The van der Waals surface area contributed by atoms with E-state index in [1.54, 1.807) is 6.07 Å². The van der Waals surface area contributed by atoms with Crippen LogP contribution in [-0.4, -0.2) is 4.98 Å². The van der Waals surface area contributed by atoms with Gasteiger partial charge in [0.2, 0.25) is 0 Å². The van der Waals surface area contributed by atoms with Crippen molar-refractivity contribution in [2.45, 2.75) is 6.92 Å². The summed E-state index contributed by atoms with van der Waals surface area (Å²) >= 11 is 0. The molecule has 0 saturated heterocycles. The maximum Gasteiger partial charge on any atom is 0.123 e. The monoisotopic (exact) mass is 263 g/mol. The number of rotatable bonds is 2. The number of pyridine rings is 1. The third-order valence-corrected chi connectivity index (χ3v) is 3.31. The van der Waals surface area contributed by atoms with E-state index >= 15 is 0 Å². The lowest BCUT2D eigenvalue weighted by Crippen LogP contribution is -1.90. The van der Waals surface area contributed by atoms with Crippen LogP contribution in [0.3, 0.4) is 0 Å². The Kier molecular flexibility index (Phi) is 3.30. The van der Waals surface area contributed by atoms with Gasteiger partial charge in [-0.25, -0.2) is 4.39 Å². The minimum absolute atomic E-state index is 0.244. The largest absolute Gasteiger partial charge is 0.256 e. The van der Waals surface area contributed by atoms with Gasteiger partial charge >= 0.3 is 0 Å². The zero-order valence-corrected chi connectivity index (χ0v) is 11.2. The van der Waals surface area contributed by atoms with Crippen molar-refractivity contribution in [2.75, 3.05) is 0 Å². The van der Waals surface area contributed by atoms with Crippen molar-refractivity contribution in [3.63, 3.8) is 0 Å². The van der Waals surface area contributed by atoms with E-state index in [1.165, 1.54) is 12.1 Å². The fraction of sp³-hybridized carbons (Fsp3) is 0.0556. The topological polar surface area (TPSA) is 12.9 Å². The molecule has 0 aliphatic heterocycles. The van der Waals surface area contributed by atoms with Crippen LogP contribution in [0.2, 0.25) is 0 Å². The first-order chi connectivity index (χ1) is 9.74. The summed E-state index contributed by atoms with van der Waals surface area (Å²) in [4.78, 5) is 4.41. The number of hydrogen-bond acceptors (Lipinski definition) is 1. The standard InChI is InChI=1S/C18H14FN/c1-13-12-20-18(15-8-5-9-16(19)10-15)11-17(13)14-6-3-2-4-7-14/h2-12H,1H3. The van der Waals surface area contributed by atoms with Crippen LogP contribution < -0.4 is 0 Å². The van der Waals surface area contributed by atoms with Crippen molar-refractivity contribution < 1.29 is 4.39 Å². The highest BCUT2D eigenvalue weighted by atomic mass is 19.1. The number of aryl methyl sites for hydroxylation is 1. The molecule has 0 spiro atoms. The van der Waals surface area contributed by atoms with Gasteiger partial charge in [-0.05, 0) is 41.8 Å². The zero-order chi connectivity index (χ0) is 13.9. The lowest BCUT2D eigenvalue weighted by atomic mass is 10.00. The first-order valence-corrected chi connectivity index (χ1v) is 6.52. The van der Waals surface area contributed by atoms with Gasteiger partial charge < -0.3 is 0 Å². The second-order valence-electron chi connectivity index (χ2n) is 4.76. The minimum atomic E-state index is -0.244. The molecule has 0 saturated carbocycles. The van der Waals surface area contributed by atoms with Crippen LogP contribution in [0.4, 0.5) is 4.39 Å². The van der Waals surface area contributed by atoms with Crippen molar-refractivity contribution in [2.24, 2.45) is 0 Å². The van der Waals surface area contributed by atoms with E-state index in [0.29, 0.717) is 0 Å². The Labute approximate surface area is 117 Å². The summed E-state index contributed by atoms with van der Waals surface area (Å²) in [7, 11) is 0. The summed E-state index contributed by atoms with van der Waals surface area (Å²) in [6.07, 6.45) is 1.84. The first kappa shape index (κ1) is 12.5. The number of aromatic nitrogens is 1. The molecule has 0 aliphatic carbocycles. The molecule has 3 rings (SSSR count). The molecular weight excluding hydrogens is 249 g/mol. The zero-order valence-electron chi connectivity index (χ0n) is 11.2. The second kappa shape index (κ2) is 5.25. The average molecular weight is 263 g/mol. The molecule has 2 aromatic carbocycles. The lowest BCUT2D eigenvalue weighted by molar-refractivity contribution is 0.628. The third kappa shape index (κ3) is 2.45. The third-order valence-electron chi connectivity index (χ3n) is 3.31. The summed E-state index contributed by atoms with van der Waals surface area (Å²) in [5.41, 5.74) is 4.96. The molecular formula is C18H14FN. The lowest BCUT2D eigenvalue weighted by Gasteiger charge is -2.09. The highest BCUT2D eigenvalue weighted by Gasteiger charge is 2.06. The van der Waals surface area contributed by atoms with Gasteiger partial charge in [-0.2, -0.15) is 0 Å². The Balaban J connectivity index is 2.12. The van der Waals surface area contributed by atoms with Crippen LogP contribution in [-0.2, 0) is 0 Å². The Morgan fingerprint density at radius 1 is 0.850 bits per heavy atom. The van der Waals surface area contributed by atoms with Crippen LogP contribution in [0.5, 0.6) is 0 Å². The summed E-state index contributed by atoms with van der Waals surface area (Å²) in [6, 6.07) is 18.7. The van der Waals surface area contributed by atoms with E-state index in [0.717, 1.165) is 27.9 Å². The molecule has 0 atom stereocenters. The number of halogens is 1. The minimum Gasteiger partial charge on any atom is -0.256 e. The van der Waals surface area contributed by atoms with E-state index in [9.17, 15) is 4.39 Å². The predicted octanol–water partition coefficient (Wildman–Crippen LogP) is 4.86. The molecule has 1 aromatic heterocycles. The molecule has 2 heteroatoms. The number of hydrogen-bond donors (Lipinski definition) is 0. The smallest absolute Gasteiger partial charge is 0.123 e.